The molecular formula is C19H18N2O2. The Balaban J connectivity index is 1.64. The molecule has 4 rings (SSSR count). The largest absolute Gasteiger partial charge is 0.299 e. The summed E-state index contributed by atoms with van der Waals surface area (Å²) in [5.74, 6) is -0.465. The van der Waals surface area contributed by atoms with Crippen molar-refractivity contribution < 1.29 is 9.59 Å². The van der Waals surface area contributed by atoms with E-state index in [1.54, 1.807) is 24.3 Å². The van der Waals surface area contributed by atoms with Crippen molar-refractivity contribution in [3.05, 3.63) is 65.2 Å². The van der Waals surface area contributed by atoms with Crippen LogP contribution in [0.15, 0.2) is 48.5 Å². The van der Waals surface area contributed by atoms with Gasteiger partial charge in [-0.3, -0.25) is 14.5 Å². The summed E-state index contributed by atoms with van der Waals surface area (Å²) in [7, 11) is 0. The van der Waals surface area contributed by atoms with E-state index in [4.69, 9.17) is 0 Å². The fourth-order valence-corrected chi connectivity index (χ4v) is 3.42. The van der Waals surface area contributed by atoms with Crippen LogP contribution in [0.2, 0.25) is 0 Å². The predicted molar refractivity (Wildman–Crippen MR) is 88.5 cm³/mol. The molecule has 1 saturated heterocycles. The molecule has 0 spiro atoms. The van der Waals surface area contributed by atoms with Crippen molar-refractivity contribution in [1.29, 1.82) is 0 Å². The summed E-state index contributed by atoms with van der Waals surface area (Å²) in [4.78, 5) is 28.8. The smallest absolute Gasteiger partial charge is 0.266 e. The molecule has 0 atom stereocenters. The van der Waals surface area contributed by atoms with Crippen LogP contribution in [-0.2, 0) is 6.54 Å². The molecule has 2 aliphatic heterocycles. The fourth-order valence-electron chi connectivity index (χ4n) is 3.42. The average Bonchev–Trinajstić information content (AvgIpc) is 3.16. The molecule has 2 heterocycles. The summed E-state index contributed by atoms with van der Waals surface area (Å²) in [5, 5.41) is 0. The molecule has 116 valence electrons. The minimum Gasteiger partial charge on any atom is -0.299 e. The van der Waals surface area contributed by atoms with Crippen LogP contribution in [0.4, 0.5) is 5.69 Å². The third-order valence-electron chi connectivity index (χ3n) is 4.57. The number of rotatable bonds is 3. The van der Waals surface area contributed by atoms with Gasteiger partial charge in [-0.25, -0.2) is 4.90 Å². The zero-order valence-corrected chi connectivity index (χ0v) is 12.9. The first-order chi connectivity index (χ1) is 11.2. The van der Waals surface area contributed by atoms with E-state index in [9.17, 15) is 9.59 Å². The first-order valence-corrected chi connectivity index (χ1v) is 8.03. The van der Waals surface area contributed by atoms with Gasteiger partial charge in [0.15, 0.2) is 0 Å². The van der Waals surface area contributed by atoms with E-state index in [1.165, 1.54) is 17.7 Å². The molecule has 0 aliphatic carbocycles. The van der Waals surface area contributed by atoms with E-state index in [0.29, 0.717) is 16.8 Å². The molecule has 4 nitrogen and oxygen atoms in total. The summed E-state index contributed by atoms with van der Waals surface area (Å²) in [6.45, 7) is 3.12. The van der Waals surface area contributed by atoms with Crippen molar-refractivity contribution in [2.75, 3.05) is 18.0 Å². The number of carbonyl (C=O) groups excluding carboxylic acids is 2. The minimum absolute atomic E-state index is 0.232. The quantitative estimate of drug-likeness (QED) is 0.818. The maximum Gasteiger partial charge on any atom is 0.266 e. The number of amides is 2. The van der Waals surface area contributed by atoms with Gasteiger partial charge in [0.05, 0.1) is 16.8 Å². The third kappa shape index (κ3) is 2.45. The highest BCUT2D eigenvalue weighted by molar-refractivity contribution is 6.34. The molecule has 0 unspecified atom stereocenters. The van der Waals surface area contributed by atoms with E-state index in [-0.39, 0.29) is 11.8 Å². The summed E-state index contributed by atoms with van der Waals surface area (Å²) in [5.41, 5.74) is 2.78. The van der Waals surface area contributed by atoms with E-state index >= 15 is 0 Å². The molecule has 0 saturated carbocycles. The first kappa shape index (κ1) is 14.2. The molecule has 23 heavy (non-hydrogen) atoms. The Morgan fingerprint density at radius 3 is 2.13 bits per heavy atom. The molecule has 0 N–H and O–H groups in total. The van der Waals surface area contributed by atoms with Crippen molar-refractivity contribution in [2.24, 2.45) is 0 Å². The maximum absolute atomic E-state index is 12.6. The molecule has 4 heteroatoms. The Kier molecular flexibility index (Phi) is 3.46. The van der Waals surface area contributed by atoms with E-state index < -0.39 is 0 Å². The molecule has 0 bridgehead atoms. The number of anilines is 1. The molecule has 2 aromatic rings. The van der Waals surface area contributed by atoms with Crippen molar-refractivity contribution in [3.8, 4) is 0 Å². The highest BCUT2D eigenvalue weighted by Crippen LogP contribution is 2.29. The summed E-state index contributed by atoms with van der Waals surface area (Å²) < 4.78 is 0. The molecule has 0 radical (unpaired) electrons. The Hall–Kier alpha value is -2.46. The fraction of sp³-hybridized carbons (Fsp3) is 0.263. The number of fused-ring (bicyclic) bond motifs is 1. The highest BCUT2D eigenvalue weighted by atomic mass is 16.2. The van der Waals surface area contributed by atoms with Crippen LogP contribution in [0.1, 0.15) is 39.1 Å². The lowest BCUT2D eigenvalue weighted by molar-refractivity contribution is 0.0926. The van der Waals surface area contributed by atoms with Crippen LogP contribution < -0.4 is 4.90 Å². The third-order valence-corrected chi connectivity index (χ3v) is 4.57. The van der Waals surface area contributed by atoms with Crippen LogP contribution in [0.3, 0.4) is 0 Å². The van der Waals surface area contributed by atoms with Crippen LogP contribution in [-0.4, -0.2) is 29.8 Å². The number of benzene rings is 2. The van der Waals surface area contributed by atoms with Gasteiger partial charge < -0.3 is 0 Å². The highest BCUT2D eigenvalue weighted by Gasteiger charge is 2.36. The zero-order chi connectivity index (χ0) is 15.8. The summed E-state index contributed by atoms with van der Waals surface area (Å²) >= 11 is 0. The predicted octanol–water partition coefficient (Wildman–Crippen LogP) is 3.08. The maximum atomic E-state index is 12.6. The second-order valence-electron chi connectivity index (χ2n) is 6.14. The lowest BCUT2D eigenvalue weighted by Crippen LogP contribution is -2.29. The second kappa shape index (κ2) is 5.63. The lowest BCUT2D eigenvalue weighted by Gasteiger charge is -2.18. The number of hydrogen-bond acceptors (Lipinski definition) is 3. The second-order valence-corrected chi connectivity index (χ2v) is 6.14. The molecule has 2 aliphatic rings. The SMILES string of the molecule is O=C1c2ccccc2C(=O)N1c1cccc(CN2CCCC2)c1. The Bertz CT molecular complexity index is 743. The molecule has 2 aromatic carbocycles. The average molecular weight is 306 g/mol. The lowest BCUT2D eigenvalue weighted by atomic mass is 10.1. The van der Waals surface area contributed by atoms with Crippen molar-refractivity contribution in [2.45, 2.75) is 19.4 Å². The zero-order valence-electron chi connectivity index (χ0n) is 12.9. The number of carbonyl (C=O) groups is 2. The van der Waals surface area contributed by atoms with Crippen LogP contribution in [0, 0.1) is 0 Å². The van der Waals surface area contributed by atoms with Gasteiger partial charge in [0.2, 0.25) is 0 Å². The first-order valence-electron chi connectivity index (χ1n) is 8.03. The number of likely N-dealkylation sites (tertiary alicyclic amines) is 1. The molecule has 2 amide bonds. The number of imide groups is 1. The van der Waals surface area contributed by atoms with Crippen LogP contribution in [0.5, 0.6) is 0 Å². The molecular weight excluding hydrogens is 288 g/mol. The van der Waals surface area contributed by atoms with Gasteiger partial charge in [-0.15, -0.1) is 0 Å². The van der Waals surface area contributed by atoms with Gasteiger partial charge in [-0.1, -0.05) is 24.3 Å². The Labute approximate surface area is 135 Å². The van der Waals surface area contributed by atoms with E-state index in [1.807, 2.05) is 18.2 Å². The molecule has 1 fully saturated rings. The van der Waals surface area contributed by atoms with Gasteiger partial charge >= 0.3 is 0 Å². The van der Waals surface area contributed by atoms with Crippen molar-refractivity contribution in [3.63, 3.8) is 0 Å². The Morgan fingerprint density at radius 1 is 0.826 bits per heavy atom. The van der Waals surface area contributed by atoms with Gasteiger partial charge in [-0.2, -0.15) is 0 Å². The summed E-state index contributed by atoms with van der Waals surface area (Å²) in [6, 6.07) is 14.8. The van der Waals surface area contributed by atoms with Crippen molar-refractivity contribution >= 4 is 17.5 Å². The van der Waals surface area contributed by atoms with Gasteiger partial charge in [0.1, 0.15) is 0 Å². The number of hydrogen-bond donors (Lipinski definition) is 0. The van der Waals surface area contributed by atoms with E-state index in [2.05, 4.69) is 11.0 Å². The van der Waals surface area contributed by atoms with Crippen LogP contribution in [0.25, 0.3) is 0 Å². The van der Waals surface area contributed by atoms with E-state index in [0.717, 1.165) is 25.2 Å². The minimum atomic E-state index is -0.232. The van der Waals surface area contributed by atoms with Crippen molar-refractivity contribution in [1.82, 2.24) is 4.90 Å². The molecule has 0 aromatic heterocycles. The Morgan fingerprint density at radius 2 is 1.48 bits per heavy atom. The normalized spacial score (nSPS) is 17.8. The van der Waals surface area contributed by atoms with Gasteiger partial charge in [0.25, 0.3) is 11.8 Å². The number of nitrogens with zero attached hydrogens (tertiary/aromatic N) is 2. The van der Waals surface area contributed by atoms with Gasteiger partial charge in [-0.05, 0) is 55.8 Å². The van der Waals surface area contributed by atoms with Gasteiger partial charge in [0, 0.05) is 6.54 Å². The summed E-state index contributed by atoms with van der Waals surface area (Å²) in [6.07, 6.45) is 2.50. The topological polar surface area (TPSA) is 40.6 Å². The van der Waals surface area contributed by atoms with Crippen LogP contribution >= 0.6 is 0 Å². The monoisotopic (exact) mass is 306 g/mol. The standard InChI is InChI=1S/C19H18N2O2/c22-18-16-8-1-2-9-17(16)19(23)21(18)15-7-5-6-14(12-15)13-20-10-3-4-11-20/h1-2,5-9,12H,3-4,10-11,13H2.